The number of nitrogens with one attached hydrogen (secondary N) is 1. The summed E-state index contributed by atoms with van der Waals surface area (Å²) < 4.78 is 12.8. The molecule has 22 heavy (non-hydrogen) atoms. The molecule has 0 saturated carbocycles. The number of halogens is 3. The normalized spacial score (nSPS) is 10.8. The maximum Gasteiger partial charge on any atom is 0.238 e. The second-order valence-electron chi connectivity index (χ2n) is 4.95. The Kier molecular flexibility index (Phi) is 5.77. The topological polar surface area (TPSA) is 32.3 Å². The van der Waals surface area contributed by atoms with Gasteiger partial charge in [0.15, 0.2) is 0 Å². The van der Waals surface area contributed by atoms with E-state index in [-0.39, 0.29) is 18.3 Å². The van der Waals surface area contributed by atoms with Crippen LogP contribution in [0, 0.1) is 5.82 Å². The average Bonchev–Trinajstić information content (AvgIpc) is 2.46. The van der Waals surface area contributed by atoms with Gasteiger partial charge in [-0.25, -0.2) is 4.39 Å². The maximum atomic E-state index is 12.8. The van der Waals surface area contributed by atoms with Crippen molar-refractivity contribution in [3.8, 4) is 0 Å². The molecule has 2 rings (SSSR count). The Bertz CT molecular complexity index is 662. The highest BCUT2D eigenvalue weighted by Gasteiger charge is 2.11. The molecule has 2 aromatic rings. The quantitative estimate of drug-likeness (QED) is 0.884. The number of amides is 1. The largest absolute Gasteiger partial charge is 0.324 e. The smallest absolute Gasteiger partial charge is 0.238 e. The van der Waals surface area contributed by atoms with Crippen LogP contribution in [-0.2, 0) is 11.3 Å². The van der Waals surface area contributed by atoms with Gasteiger partial charge in [0.25, 0.3) is 0 Å². The maximum absolute atomic E-state index is 12.8. The Labute approximate surface area is 138 Å². The summed E-state index contributed by atoms with van der Waals surface area (Å²) in [6.07, 6.45) is 0. The van der Waals surface area contributed by atoms with Gasteiger partial charge in [0.2, 0.25) is 5.91 Å². The highest BCUT2D eigenvalue weighted by molar-refractivity contribution is 6.43. The molecule has 1 amide bonds. The molecule has 0 radical (unpaired) electrons. The molecule has 0 atom stereocenters. The van der Waals surface area contributed by atoms with E-state index in [4.69, 9.17) is 23.2 Å². The third-order valence-electron chi connectivity index (χ3n) is 3.00. The first-order valence-corrected chi connectivity index (χ1v) is 7.38. The van der Waals surface area contributed by atoms with Gasteiger partial charge < -0.3 is 5.32 Å². The van der Waals surface area contributed by atoms with Crippen LogP contribution in [0.15, 0.2) is 42.5 Å². The zero-order chi connectivity index (χ0) is 16.1. The first-order chi connectivity index (χ1) is 10.5. The molecular formula is C16H15Cl2FN2O. The Morgan fingerprint density at radius 2 is 1.86 bits per heavy atom. The first kappa shape index (κ1) is 16.7. The van der Waals surface area contributed by atoms with Crippen molar-refractivity contribution >= 4 is 34.8 Å². The van der Waals surface area contributed by atoms with Gasteiger partial charge in [0.1, 0.15) is 5.82 Å². The minimum Gasteiger partial charge on any atom is -0.324 e. The van der Waals surface area contributed by atoms with E-state index in [9.17, 15) is 9.18 Å². The van der Waals surface area contributed by atoms with Gasteiger partial charge in [-0.15, -0.1) is 0 Å². The predicted molar refractivity (Wildman–Crippen MR) is 87.8 cm³/mol. The SMILES string of the molecule is CN(CC(=O)Nc1cccc(Cl)c1Cl)Cc1ccc(F)cc1. The van der Waals surface area contributed by atoms with E-state index in [1.807, 2.05) is 11.9 Å². The van der Waals surface area contributed by atoms with Gasteiger partial charge in [-0.3, -0.25) is 9.69 Å². The zero-order valence-electron chi connectivity index (χ0n) is 11.9. The molecule has 116 valence electrons. The monoisotopic (exact) mass is 340 g/mol. The minimum absolute atomic E-state index is 0.181. The van der Waals surface area contributed by atoms with Crippen LogP contribution in [0.3, 0.4) is 0 Å². The van der Waals surface area contributed by atoms with Crippen LogP contribution >= 0.6 is 23.2 Å². The number of rotatable bonds is 5. The predicted octanol–water partition coefficient (Wildman–Crippen LogP) is 4.20. The summed E-state index contributed by atoms with van der Waals surface area (Å²) in [5.41, 5.74) is 1.41. The third kappa shape index (κ3) is 4.70. The van der Waals surface area contributed by atoms with Crippen LogP contribution in [0.1, 0.15) is 5.56 Å². The summed E-state index contributed by atoms with van der Waals surface area (Å²) in [4.78, 5) is 13.8. The Balaban J connectivity index is 1.91. The standard InChI is InChI=1S/C16H15Cl2FN2O/c1-21(9-11-5-7-12(19)8-6-11)10-15(22)20-14-4-2-3-13(17)16(14)18/h2-8H,9-10H2,1H3,(H,20,22). The Morgan fingerprint density at radius 1 is 1.18 bits per heavy atom. The fraction of sp³-hybridized carbons (Fsp3) is 0.188. The number of nitrogens with zero attached hydrogens (tertiary/aromatic N) is 1. The van der Waals surface area contributed by atoms with Crippen molar-refractivity contribution in [3.63, 3.8) is 0 Å². The number of hydrogen-bond donors (Lipinski definition) is 1. The van der Waals surface area contributed by atoms with Crippen LogP contribution < -0.4 is 5.32 Å². The number of benzene rings is 2. The van der Waals surface area contributed by atoms with Gasteiger partial charge in [-0.2, -0.15) is 0 Å². The molecule has 0 aromatic heterocycles. The summed E-state index contributed by atoms with van der Waals surface area (Å²) in [5.74, 6) is -0.478. The lowest BCUT2D eigenvalue weighted by Gasteiger charge is -2.17. The molecule has 0 heterocycles. The van der Waals surface area contributed by atoms with E-state index in [1.165, 1.54) is 12.1 Å². The van der Waals surface area contributed by atoms with Crippen molar-refractivity contribution in [2.75, 3.05) is 18.9 Å². The lowest BCUT2D eigenvalue weighted by Crippen LogP contribution is -2.29. The van der Waals surface area contributed by atoms with E-state index in [0.29, 0.717) is 22.3 Å². The Morgan fingerprint density at radius 3 is 2.55 bits per heavy atom. The molecule has 6 heteroatoms. The van der Waals surface area contributed by atoms with Crippen molar-refractivity contribution in [3.05, 3.63) is 63.9 Å². The van der Waals surface area contributed by atoms with Crippen molar-refractivity contribution in [1.29, 1.82) is 0 Å². The van der Waals surface area contributed by atoms with Crippen LogP contribution in [0.25, 0.3) is 0 Å². The molecule has 0 saturated heterocycles. The van der Waals surface area contributed by atoms with Gasteiger partial charge >= 0.3 is 0 Å². The zero-order valence-corrected chi connectivity index (χ0v) is 13.5. The van der Waals surface area contributed by atoms with Gasteiger partial charge in [-0.05, 0) is 36.9 Å². The van der Waals surface area contributed by atoms with Crippen LogP contribution in [0.4, 0.5) is 10.1 Å². The van der Waals surface area contributed by atoms with E-state index in [1.54, 1.807) is 30.3 Å². The second-order valence-corrected chi connectivity index (χ2v) is 5.73. The van der Waals surface area contributed by atoms with Gasteiger partial charge in [0, 0.05) is 6.54 Å². The molecule has 0 aliphatic rings. The fourth-order valence-electron chi connectivity index (χ4n) is 1.99. The minimum atomic E-state index is -0.278. The van der Waals surface area contributed by atoms with E-state index < -0.39 is 0 Å². The summed E-state index contributed by atoms with van der Waals surface area (Å²) in [6.45, 7) is 0.719. The molecule has 0 aliphatic heterocycles. The highest BCUT2D eigenvalue weighted by atomic mass is 35.5. The van der Waals surface area contributed by atoms with E-state index in [2.05, 4.69) is 5.32 Å². The molecule has 3 nitrogen and oxygen atoms in total. The van der Waals surface area contributed by atoms with Crippen molar-refractivity contribution in [2.45, 2.75) is 6.54 Å². The van der Waals surface area contributed by atoms with E-state index >= 15 is 0 Å². The molecule has 1 N–H and O–H groups in total. The lowest BCUT2D eigenvalue weighted by molar-refractivity contribution is -0.117. The summed E-state index contributed by atoms with van der Waals surface area (Å²) in [5, 5.41) is 3.43. The van der Waals surface area contributed by atoms with Crippen molar-refractivity contribution < 1.29 is 9.18 Å². The number of anilines is 1. The molecule has 0 spiro atoms. The molecule has 0 aliphatic carbocycles. The Hall–Kier alpha value is -1.62. The van der Waals surface area contributed by atoms with Crippen LogP contribution in [0.5, 0.6) is 0 Å². The van der Waals surface area contributed by atoms with Crippen molar-refractivity contribution in [1.82, 2.24) is 4.90 Å². The molecule has 0 bridgehead atoms. The number of likely N-dealkylation sites (N-methyl/N-ethyl adjacent to an activating group) is 1. The lowest BCUT2D eigenvalue weighted by atomic mass is 10.2. The van der Waals surface area contributed by atoms with Crippen molar-refractivity contribution in [2.24, 2.45) is 0 Å². The number of carbonyl (C=O) groups excluding carboxylic acids is 1. The molecule has 2 aromatic carbocycles. The van der Waals surface area contributed by atoms with Crippen LogP contribution in [0.2, 0.25) is 10.0 Å². The first-order valence-electron chi connectivity index (χ1n) is 6.62. The fourth-order valence-corrected chi connectivity index (χ4v) is 2.34. The van der Waals surface area contributed by atoms with Crippen LogP contribution in [-0.4, -0.2) is 24.4 Å². The van der Waals surface area contributed by atoms with E-state index in [0.717, 1.165) is 5.56 Å². The highest BCUT2D eigenvalue weighted by Crippen LogP contribution is 2.29. The average molecular weight is 341 g/mol. The number of carbonyl (C=O) groups is 1. The number of hydrogen-bond acceptors (Lipinski definition) is 2. The summed E-state index contributed by atoms with van der Waals surface area (Å²) in [6, 6.07) is 11.2. The summed E-state index contributed by atoms with van der Waals surface area (Å²) in [7, 11) is 1.81. The summed E-state index contributed by atoms with van der Waals surface area (Å²) >= 11 is 11.9. The molecular weight excluding hydrogens is 326 g/mol. The molecule has 0 unspecified atom stereocenters. The van der Waals surface area contributed by atoms with Gasteiger partial charge in [0.05, 0.1) is 22.3 Å². The van der Waals surface area contributed by atoms with Gasteiger partial charge in [-0.1, -0.05) is 41.4 Å². The third-order valence-corrected chi connectivity index (χ3v) is 3.82. The second kappa shape index (κ2) is 7.58. The molecule has 0 fully saturated rings.